The van der Waals surface area contributed by atoms with Gasteiger partial charge in [-0.25, -0.2) is 0 Å². The van der Waals surface area contributed by atoms with Crippen LogP contribution in [0.15, 0.2) is 29.3 Å². The number of carboxylic acid groups (broad SMARTS) is 1. The van der Waals surface area contributed by atoms with E-state index in [1.807, 2.05) is 0 Å². The molecule has 0 radical (unpaired) electrons. The van der Waals surface area contributed by atoms with E-state index in [9.17, 15) is 9.59 Å². The molecule has 2 atom stereocenters. The first-order valence-corrected chi connectivity index (χ1v) is 6.67. The van der Waals surface area contributed by atoms with E-state index in [2.05, 4.69) is 10.1 Å². The highest BCUT2D eigenvalue weighted by molar-refractivity contribution is 6.47. The summed E-state index contributed by atoms with van der Waals surface area (Å²) in [5, 5.41) is 3.97. The van der Waals surface area contributed by atoms with Crippen molar-refractivity contribution in [3.63, 3.8) is 0 Å². The van der Waals surface area contributed by atoms with Gasteiger partial charge < -0.3 is 10.0 Å². The number of nitrogens with zero attached hydrogens (tertiary/aromatic N) is 2. The second-order valence-electron chi connectivity index (χ2n) is 4.63. The molecule has 1 aromatic carbocycles. The minimum Gasteiger partial charge on any atom is -0.480 e. The van der Waals surface area contributed by atoms with Crippen LogP contribution in [-0.2, 0) is 9.59 Å². The van der Waals surface area contributed by atoms with Crippen molar-refractivity contribution in [3.05, 3.63) is 34.9 Å². The van der Waals surface area contributed by atoms with E-state index in [4.69, 9.17) is 25.4 Å². The van der Waals surface area contributed by atoms with E-state index in [1.165, 1.54) is 24.3 Å². The number of benzene rings is 1. The Morgan fingerprint density at radius 1 is 1.50 bits per heavy atom. The maximum Gasteiger partial charge on any atom is 0.323 e. The molecule has 1 amide bonds. The Bertz CT molecular complexity index is 1000. The molecule has 6 heteroatoms. The summed E-state index contributed by atoms with van der Waals surface area (Å²) < 4.78 is 80.3. The number of carbonyl (C=O) groups excluding carboxylic acids is 1. The fourth-order valence-corrected chi connectivity index (χ4v) is 2.37. The second-order valence-corrected chi connectivity index (χ2v) is 5.06. The van der Waals surface area contributed by atoms with Crippen molar-refractivity contribution < 1.29 is 27.0 Å². The Labute approximate surface area is 147 Å². The van der Waals surface area contributed by atoms with Gasteiger partial charge in [0.15, 0.2) is 0 Å². The molecule has 3 rings (SSSR count). The van der Waals surface area contributed by atoms with Crippen LogP contribution in [0.2, 0.25) is 5.02 Å². The van der Waals surface area contributed by atoms with Crippen molar-refractivity contribution in [1.82, 2.24) is 4.90 Å². The molecular formula is C16H17ClN2O3. The summed E-state index contributed by atoms with van der Waals surface area (Å²) in [6, 6.07) is 5.38. The van der Waals surface area contributed by atoms with Crippen LogP contribution >= 0.6 is 11.6 Å². The smallest absolute Gasteiger partial charge is 0.323 e. The molecule has 1 heterocycles. The quantitative estimate of drug-likeness (QED) is 0.926. The molecule has 1 aliphatic carbocycles. The molecule has 116 valence electrons. The molecule has 1 spiro atoms. The summed E-state index contributed by atoms with van der Waals surface area (Å²) in [5.41, 5.74) is -3.33. The number of hydrogen-bond acceptors (Lipinski definition) is 4. The van der Waals surface area contributed by atoms with Crippen LogP contribution in [0, 0.1) is 0 Å². The molecule has 1 N–H and O–H groups in total. The Hall–Kier alpha value is -1.88. The number of rotatable bonds is 3. The van der Waals surface area contributed by atoms with Gasteiger partial charge in [-0.1, -0.05) is 30.1 Å². The zero-order valence-electron chi connectivity index (χ0n) is 21.1. The largest absolute Gasteiger partial charge is 0.480 e. The maximum atomic E-state index is 13.3. The lowest BCUT2D eigenvalue weighted by Gasteiger charge is -2.38. The van der Waals surface area contributed by atoms with Gasteiger partial charge >= 0.3 is 5.97 Å². The predicted octanol–water partition coefficient (Wildman–Crippen LogP) is 2.72. The molecule has 1 aromatic rings. The minimum atomic E-state index is -3.50. The summed E-state index contributed by atoms with van der Waals surface area (Å²) in [4.78, 5) is 29.4. The van der Waals surface area contributed by atoms with E-state index >= 15 is 0 Å². The summed E-state index contributed by atoms with van der Waals surface area (Å²) >= 11 is 5.84. The van der Waals surface area contributed by atoms with Gasteiger partial charge in [-0.05, 0) is 37.7 Å². The van der Waals surface area contributed by atoms with E-state index in [0.717, 1.165) is 0 Å². The third kappa shape index (κ3) is 2.61. The molecule has 2 aliphatic rings. The van der Waals surface area contributed by atoms with Crippen molar-refractivity contribution in [2.45, 2.75) is 37.6 Å². The zero-order valence-corrected chi connectivity index (χ0v) is 11.8. The predicted molar refractivity (Wildman–Crippen MR) is 83.2 cm³/mol. The molecule has 5 nitrogen and oxygen atoms in total. The van der Waals surface area contributed by atoms with Gasteiger partial charge in [0.2, 0.25) is 0 Å². The first-order chi connectivity index (χ1) is 14.5. The van der Waals surface area contributed by atoms with Crippen molar-refractivity contribution in [2.75, 3.05) is 6.50 Å². The molecule has 1 saturated carbocycles. The van der Waals surface area contributed by atoms with E-state index in [-0.39, 0.29) is 15.5 Å². The molecule has 1 aliphatic heterocycles. The number of amides is 1. The lowest BCUT2D eigenvalue weighted by atomic mass is 9.88. The van der Waals surface area contributed by atoms with Crippen molar-refractivity contribution in [2.24, 2.45) is 4.99 Å². The molecule has 0 bridgehead atoms. The first-order valence-electron chi connectivity index (χ1n) is 11.3. The topological polar surface area (TPSA) is 70.0 Å². The highest BCUT2D eigenvalue weighted by Gasteiger charge is 2.48. The summed E-state index contributed by atoms with van der Waals surface area (Å²) in [7, 11) is 0. The summed E-state index contributed by atoms with van der Waals surface area (Å²) in [6.45, 7) is -3.50. The molecule has 1 fully saturated rings. The van der Waals surface area contributed by atoms with Crippen LogP contribution in [0.4, 0.5) is 0 Å². The average Bonchev–Trinajstić information content (AvgIpc) is 3.00. The standard InChI is InChI=1S/C16H17ClN2O3/c17-12-6-4-11(5-7-12)14-15(22)19(10-13(20)21)16(18-14)8-2-1-3-9-16/h4-7H,1-3,8-10H2,(H,20,21)/i1D2,2D,3D2,9D2,10D2/hD. The van der Waals surface area contributed by atoms with Gasteiger partial charge in [-0.15, -0.1) is 0 Å². The molecule has 0 saturated heterocycles. The monoisotopic (exact) mass is 330 g/mol. The average molecular weight is 331 g/mol. The van der Waals surface area contributed by atoms with E-state index in [0.29, 0.717) is 0 Å². The van der Waals surface area contributed by atoms with Crippen LogP contribution in [-0.4, -0.2) is 39.8 Å². The number of halogens is 1. The SMILES string of the molecule is [2H]OC(=O)C([2H])([2H])N1C(=O)C(c2ccc(Cl)cc2)=NC12CC([2H])C([2H])([2H])C([2H])([2H])C2([2H])[2H]. The van der Waals surface area contributed by atoms with Crippen molar-refractivity contribution in [3.8, 4) is 0 Å². The summed E-state index contributed by atoms with van der Waals surface area (Å²) in [5.74, 6) is -3.22. The fourth-order valence-electron chi connectivity index (χ4n) is 2.24. The van der Waals surface area contributed by atoms with Crippen molar-refractivity contribution >= 4 is 29.2 Å². The van der Waals surface area contributed by atoms with Gasteiger partial charge in [0.25, 0.3) is 7.34 Å². The van der Waals surface area contributed by atoms with Crippen LogP contribution < -0.4 is 0 Å². The molecule has 0 aromatic heterocycles. The van der Waals surface area contributed by atoms with Gasteiger partial charge in [-0.3, -0.25) is 14.6 Å². The minimum absolute atomic E-state index is 0.0232. The highest BCUT2D eigenvalue weighted by Crippen LogP contribution is 2.39. The lowest BCUT2D eigenvalue weighted by molar-refractivity contribution is -0.145. The number of aliphatic carboxylic acids is 1. The van der Waals surface area contributed by atoms with E-state index < -0.39 is 61.7 Å². The van der Waals surface area contributed by atoms with Crippen LogP contribution in [0.3, 0.4) is 0 Å². The van der Waals surface area contributed by atoms with Gasteiger partial charge in [0.05, 0.1) is 2.74 Å². The number of carbonyl (C=O) groups is 2. The maximum absolute atomic E-state index is 13.3. The van der Waals surface area contributed by atoms with Crippen LogP contribution in [0.25, 0.3) is 1.43 Å². The van der Waals surface area contributed by atoms with Crippen LogP contribution in [0.1, 0.15) is 49.8 Å². The number of aliphatic imine (C=N–C) groups is 1. The third-order valence-corrected chi connectivity index (χ3v) is 3.47. The molecule has 22 heavy (non-hydrogen) atoms. The number of hydrogen-bond donors (Lipinski definition) is 1. The Morgan fingerprint density at radius 2 is 2.27 bits per heavy atom. The number of carboxylic acids is 1. The second kappa shape index (κ2) is 5.72. The highest BCUT2D eigenvalue weighted by atomic mass is 35.5. The normalized spacial score (nSPS) is 42.0. The van der Waals surface area contributed by atoms with E-state index in [1.54, 1.807) is 0 Å². The van der Waals surface area contributed by atoms with Gasteiger partial charge in [0.1, 0.15) is 17.9 Å². The Kier molecular flexibility index (Phi) is 1.85. The van der Waals surface area contributed by atoms with Crippen molar-refractivity contribution in [1.29, 1.82) is 1.43 Å². The van der Waals surface area contributed by atoms with Gasteiger partial charge in [0, 0.05) is 20.2 Å². The Morgan fingerprint density at radius 3 is 3.00 bits per heavy atom. The zero-order chi connectivity index (χ0) is 24.5. The molecule has 2 unspecified atom stereocenters. The Balaban J connectivity index is 2.35. The first kappa shape index (κ1) is 7.13. The summed E-state index contributed by atoms with van der Waals surface area (Å²) in [6.07, 6.45) is -12.9. The third-order valence-electron chi connectivity index (χ3n) is 3.22. The van der Waals surface area contributed by atoms with Gasteiger partial charge in [-0.2, -0.15) is 0 Å². The fraction of sp³-hybridized carbons (Fsp3) is 0.438. The molecular weight excluding hydrogens is 304 g/mol. The lowest BCUT2D eigenvalue weighted by Crippen LogP contribution is -2.50. The van der Waals surface area contributed by atoms with Crippen LogP contribution in [0.5, 0.6) is 0 Å².